The number of ether oxygens (including phenoxy) is 1. The molecule has 0 atom stereocenters. The number of aryl methyl sites for hydroxylation is 2. The SMILES string of the molecule is Cc1ccc(OCC(C)(C)CC(=O)O)cc1C. The van der Waals surface area contributed by atoms with Gasteiger partial charge in [-0.05, 0) is 37.1 Å². The zero-order valence-electron chi connectivity index (χ0n) is 10.9. The predicted octanol–water partition coefficient (Wildman–Crippen LogP) is 3.18. The van der Waals surface area contributed by atoms with E-state index in [9.17, 15) is 4.79 Å². The molecule has 1 aromatic carbocycles. The van der Waals surface area contributed by atoms with Crippen molar-refractivity contribution < 1.29 is 14.6 Å². The van der Waals surface area contributed by atoms with Gasteiger partial charge in [-0.25, -0.2) is 0 Å². The molecule has 0 aliphatic heterocycles. The van der Waals surface area contributed by atoms with Crippen molar-refractivity contribution in [1.82, 2.24) is 0 Å². The lowest BCUT2D eigenvalue weighted by molar-refractivity contribution is -0.139. The summed E-state index contributed by atoms with van der Waals surface area (Å²) in [5.74, 6) is 0.00486. The number of rotatable bonds is 5. The highest BCUT2D eigenvalue weighted by Crippen LogP contribution is 2.23. The molecule has 0 amide bonds. The molecule has 17 heavy (non-hydrogen) atoms. The number of hydrogen-bond acceptors (Lipinski definition) is 2. The summed E-state index contributed by atoms with van der Waals surface area (Å²) < 4.78 is 5.64. The van der Waals surface area contributed by atoms with Gasteiger partial charge in [0.05, 0.1) is 13.0 Å². The number of carbonyl (C=O) groups is 1. The zero-order valence-corrected chi connectivity index (χ0v) is 10.9. The lowest BCUT2D eigenvalue weighted by Crippen LogP contribution is -2.24. The molecule has 0 aromatic heterocycles. The Morgan fingerprint density at radius 3 is 2.47 bits per heavy atom. The minimum absolute atomic E-state index is 0.109. The van der Waals surface area contributed by atoms with Gasteiger partial charge in [0.25, 0.3) is 0 Å². The highest BCUT2D eigenvalue weighted by atomic mass is 16.5. The topological polar surface area (TPSA) is 46.5 Å². The van der Waals surface area contributed by atoms with E-state index >= 15 is 0 Å². The standard InChI is InChI=1S/C14H20O3/c1-10-5-6-12(7-11(10)2)17-9-14(3,4)8-13(15)16/h5-7H,8-9H2,1-4H3,(H,15,16). The molecule has 1 rings (SSSR count). The molecule has 0 saturated carbocycles. The molecule has 94 valence electrons. The van der Waals surface area contributed by atoms with Crippen molar-refractivity contribution >= 4 is 5.97 Å². The van der Waals surface area contributed by atoms with E-state index in [0.29, 0.717) is 6.61 Å². The molecular formula is C14H20O3. The lowest BCUT2D eigenvalue weighted by atomic mass is 9.90. The van der Waals surface area contributed by atoms with Crippen LogP contribution in [-0.4, -0.2) is 17.7 Å². The third kappa shape index (κ3) is 4.47. The van der Waals surface area contributed by atoms with Crippen molar-refractivity contribution in [3.63, 3.8) is 0 Å². The van der Waals surface area contributed by atoms with Crippen molar-refractivity contribution in [3.8, 4) is 5.75 Å². The molecule has 1 N–H and O–H groups in total. The van der Waals surface area contributed by atoms with Gasteiger partial charge in [-0.15, -0.1) is 0 Å². The van der Waals surface area contributed by atoms with Crippen LogP contribution < -0.4 is 4.74 Å². The van der Waals surface area contributed by atoms with Gasteiger partial charge in [0.1, 0.15) is 5.75 Å². The quantitative estimate of drug-likeness (QED) is 0.854. The first-order chi connectivity index (χ1) is 7.80. The average Bonchev–Trinajstić information content (AvgIpc) is 2.18. The third-order valence-corrected chi connectivity index (χ3v) is 2.74. The Bertz CT molecular complexity index is 408. The summed E-state index contributed by atoms with van der Waals surface area (Å²) in [4.78, 5) is 10.7. The molecule has 0 saturated heterocycles. The van der Waals surface area contributed by atoms with Crippen molar-refractivity contribution in [2.45, 2.75) is 34.1 Å². The first-order valence-corrected chi connectivity index (χ1v) is 5.72. The van der Waals surface area contributed by atoms with Gasteiger partial charge in [-0.2, -0.15) is 0 Å². The summed E-state index contributed by atoms with van der Waals surface area (Å²) in [6, 6.07) is 5.90. The second-order valence-electron chi connectivity index (χ2n) is 5.27. The van der Waals surface area contributed by atoms with E-state index in [1.165, 1.54) is 11.1 Å². The Labute approximate surface area is 102 Å². The molecule has 0 bridgehead atoms. The fourth-order valence-electron chi connectivity index (χ4n) is 1.54. The molecule has 0 fully saturated rings. The van der Waals surface area contributed by atoms with Gasteiger partial charge in [0.15, 0.2) is 0 Å². The molecule has 0 aliphatic rings. The van der Waals surface area contributed by atoms with Gasteiger partial charge in [0, 0.05) is 5.41 Å². The lowest BCUT2D eigenvalue weighted by Gasteiger charge is -2.22. The molecule has 0 spiro atoms. The number of carboxylic acids is 1. The van der Waals surface area contributed by atoms with E-state index in [0.717, 1.165) is 5.75 Å². The number of carboxylic acid groups (broad SMARTS) is 1. The predicted molar refractivity (Wildman–Crippen MR) is 67.4 cm³/mol. The maximum absolute atomic E-state index is 10.7. The summed E-state index contributed by atoms with van der Waals surface area (Å²) in [6.07, 6.45) is 0.109. The van der Waals surface area contributed by atoms with Crippen LogP contribution in [0.2, 0.25) is 0 Å². The molecule has 0 radical (unpaired) electrons. The summed E-state index contributed by atoms with van der Waals surface area (Å²) in [5, 5.41) is 8.77. The van der Waals surface area contributed by atoms with Crippen molar-refractivity contribution in [2.24, 2.45) is 5.41 Å². The monoisotopic (exact) mass is 236 g/mol. The summed E-state index contributed by atoms with van der Waals surface area (Å²) in [6.45, 7) is 8.27. The van der Waals surface area contributed by atoms with Crippen molar-refractivity contribution in [1.29, 1.82) is 0 Å². The zero-order chi connectivity index (χ0) is 13.1. The highest BCUT2D eigenvalue weighted by Gasteiger charge is 2.22. The fourth-order valence-corrected chi connectivity index (χ4v) is 1.54. The van der Waals surface area contributed by atoms with Gasteiger partial charge in [0.2, 0.25) is 0 Å². The highest BCUT2D eigenvalue weighted by molar-refractivity contribution is 5.67. The number of hydrogen-bond donors (Lipinski definition) is 1. The molecular weight excluding hydrogens is 216 g/mol. The van der Waals surface area contributed by atoms with Crippen LogP contribution in [0.15, 0.2) is 18.2 Å². The summed E-state index contributed by atoms with van der Waals surface area (Å²) >= 11 is 0. The maximum atomic E-state index is 10.7. The molecule has 3 heteroatoms. The van der Waals surface area contributed by atoms with Crippen LogP contribution in [-0.2, 0) is 4.79 Å². The summed E-state index contributed by atoms with van der Waals surface area (Å²) in [7, 11) is 0. The van der Waals surface area contributed by atoms with Gasteiger partial charge >= 0.3 is 5.97 Å². The van der Waals surface area contributed by atoms with Crippen LogP contribution in [0.1, 0.15) is 31.4 Å². The maximum Gasteiger partial charge on any atom is 0.304 e. The molecule has 0 heterocycles. The molecule has 0 unspecified atom stereocenters. The van der Waals surface area contributed by atoms with E-state index < -0.39 is 5.97 Å². The fraction of sp³-hybridized carbons (Fsp3) is 0.500. The van der Waals surface area contributed by atoms with E-state index in [4.69, 9.17) is 9.84 Å². The largest absolute Gasteiger partial charge is 0.493 e. The molecule has 1 aromatic rings. The van der Waals surface area contributed by atoms with E-state index in [1.807, 2.05) is 45.9 Å². The van der Waals surface area contributed by atoms with Crippen molar-refractivity contribution in [2.75, 3.05) is 6.61 Å². The van der Waals surface area contributed by atoms with Crippen LogP contribution in [0.4, 0.5) is 0 Å². The Morgan fingerprint density at radius 2 is 1.94 bits per heavy atom. The molecule has 3 nitrogen and oxygen atoms in total. The molecule has 0 aliphatic carbocycles. The first-order valence-electron chi connectivity index (χ1n) is 5.72. The summed E-state index contributed by atoms with van der Waals surface area (Å²) in [5.41, 5.74) is 2.05. The van der Waals surface area contributed by atoms with Crippen LogP contribution in [0, 0.1) is 19.3 Å². The third-order valence-electron chi connectivity index (χ3n) is 2.74. The minimum atomic E-state index is -0.793. The Morgan fingerprint density at radius 1 is 1.29 bits per heavy atom. The van der Waals surface area contributed by atoms with Crippen LogP contribution in [0.25, 0.3) is 0 Å². The van der Waals surface area contributed by atoms with Crippen LogP contribution in [0.3, 0.4) is 0 Å². The second-order valence-corrected chi connectivity index (χ2v) is 5.27. The average molecular weight is 236 g/mol. The second kappa shape index (κ2) is 5.21. The van der Waals surface area contributed by atoms with E-state index in [-0.39, 0.29) is 11.8 Å². The van der Waals surface area contributed by atoms with Crippen molar-refractivity contribution in [3.05, 3.63) is 29.3 Å². The van der Waals surface area contributed by atoms with Gasteiger partial charge in [-0.3, -0.25) is 4.79 Å². The van der Waals surface area contributed by atoms with Crippen LogP contribution in [0.5, 0.6) is 5.75 Å². The Balaban J connectivity index is 2.60. The number of benzene rings is 1. The van der Waals surface area contributed by atoms with Crippen LogP contribution >= 0.6 is 0 Å². The minimum Gasteiger partial charge on any atom is -0.493 e. The van der Waals surface area contributed by atoms with E-state index in [1.54, 1.807) is 0 Å². The Kier molecular flexibility index (Phi) is 4.16. The van der Waals surface area contributed by atoms with E-state index in [2.05, 4.69) is 0 Å². The normalized spacial score (nSPS) is 11.3. The smallest absolute Gasteiger partial charge is 0.304 e. The number of aliphatic carboxylic acids is 1. The Hall–Kier alpha value is -1.51. The first kappa shape index (κ1) is 13.6. The van der Waals surface area contributed by atoms with Gasteiger partial charge < -0.3 is 9.84 Å². The van der Waals surface area contributed by atoms with Gasteiger partial charge in [-0.1, -0.05) is 19.9 Å².